The molecular weight excluding hydrogens is 368 g/mol. The van der Waals surface area contributed by atoms with E-state index in [0.717, 1.165) is 5.56 Å². The number of ether oxygens (including phenoxy) is 2. The van der Waals surface area contributed by atoms with E-state index in [1.54, 1.807) is 31.2 Å². The molecule has 2 aromatic carbocycles. The summed E-state index contributed by atoms with van der Waals surface area (Å²) >= 11 is 6.23. The summed E-state index contributed by atoms with van der Waals surface area (Å²) in [5.74, 6) is 0.908. The fourth-order valence-corrected chi connectivity index (χ4v) is 3.01. The van der Waals surface area contributed by atoms with Crippen molar-refractivity contribution in [1.29, 1.82) is 0 Å². The standard InChI is InChI=1S/C20H21ClN2O4/c1-2-18(24)23-15-5-3-4-14(12-15)20(25)22-7-6-13-10-16(21)19-17(11-13)26-8-9-27-19/h3-5,10-12H,2,6-9H2,1H3,(H,22,25)(H,23,24). The summed E-state index contributed by atoms with van der Waals surface area (Å²) < 4.78 is 11.1. The molecule has 142 valence electrons. The van der Waals surface area contributed by atoms with E-state index in [2.05, 4.69) is 10.6 Å². The predicted molar refractivity (Wildman–Crippen MR) is 104 cm³/mol. The third-order valence-corrected chi connectivity index (χ3v) is 4.37. The van der Waals surface area contributed by atoms with Gasteiger partial charge in [-0.05, 0) is 42.3 Å². The van der Waals surface area contributed by atoms with Crippen molar-refractivity contribution < 1.29 is 19.1 Å². The Bertz CT molecular complexity index is 854. The van der Waals surface area contributed by atoms with E-state index < -0.39 is 0 Å². The molecule has 0 unspecified atom stereocenters. The first-order valence-electron chi connectivity index (χ1n) is 8.83. The topological polar surface area (TPSA) is 76.7 Å². The van der Waals surface area contributed by atoms with Crippen molar-refractivity contribution in [2.24, 2.45) is 0 Å². The highest BCUT2D eigenvalue weighted by Gasteiger charge is 2.16. The smallest absolute Gasteiger partial charge is 0.251 e. The second-order valence-corrected chi connectivity index (χ2v) is 6.50. The number of amides is 2. The van der Waals surface area contributed by atoms with Gasteiger partial charge in [0, 0.05) is 24.2 Å². The van der Waals surface area contributed by atoms with Crippen LogP contribution < -0.4 is 20.1 Å². The van der Waals surface area contributed by atoms with E-state index >= 15 is 0 Å². The number of anilines is 1. The lowest BCUT2D eigenvalue weighted by Gasteiger charge is -2.20. The van der Waals surface area contributed by atoms with Gasteiger partial charge in [0.25, 0.3) is 5.91 Å². The van der Waals surface area contributed by atoms with Gasteiger partial charge in [-0.2, -0.15) is 0 Å². The minimum atomic E-state index is -0.203. The van der Waals surface area contributed by atoms with E-state index in [9.17, 15) is 9.59 Å². The molecule has 1 aliphatic heterocycles. The Morgan fingerprint density at radius 2 is 1.96 bits per heavy atom. The van der Waals surface area contributed by atoms with Gasteiger partial charge in [0.15, 0.2) is 11.5 Å². The van der Waals surface area contributed by atoms with Gasteiger partial charge in [0.1, 0.15) is 13.2 Å². The largest absolute Gasteiger partial charge is 0.486 e. The highest BCUT2D eigenvalue weighted by Crippen LogP contribution is 2.38. The predicted octanol–water partition coefficient (Wildman–Crippen LogP) is 3.43. The van der Waals surface area contributed by atoms with Gasteiger partial charge in [-0.3, -0.25) is 9.59 Å². The van der Waals surface area contributed by atoms with Crippen LogP contribution in [-0.4, -0.2) is 31.6 Å². The number of halogens is 1. The Balaban J connectivity index is 1.58. The highest BCUT2D eigenvalue weighted by molar-refractivity contribution is 6.32. The Morgan fingerprint density at radius 1 is 1.15 bits per heavy atom. The summed E-state index contributed by atoms with van der Waals surface area (Å²) in [6.45, 7) is 3.20. The molecule has 2 N–H and O–H groups in total. The first kappa shape index (κ1) is 19.0. The van der Waals surface area contributed by atoms with Crippen LogP contribution in [0.25, 0.3) is 0 Å². The maximum absolute atomic E-state index is 12.3. The summed E-state index contributed by atoms with van der Waals surface area (Å²) in [5.41, 5.74) is 2.05. The van der Waals surface area contributed by atoms with Crippen molar-refractivity contribution in [2.45, 2.75) is 19.8 Å². The van der Waals surface area contributed by atoms with Crippen LogP contribution in [0.2, 0.25) is 5.02 Å². The molecule has 0 aromatic heterocycles. The Labute approximate surface area is 162 Å². The van der Waals surface area contributed by atoms with Crippen molar-refractivity contribution in [1.82, 2.24) is 5.32 Å². The van der Waals surface area contributed by atoms with E-state index in [0.29, 0.717) is 60.4 Å². The minimum absolute atomic E-state index is 0.0944. The Kier molecular flexibility index (Phi) is 6.19. The fourth-order valence-electron chi connectivity index (χ4n) is 2.72. The highest BCUT2D eigenvalue weighted by atomic mass is 35.5. The number of hydrogen-bond acceptors (Lipinski definition) is 4. The maximum atomic E-state index is 12.3. The summed E-state index contributed by atoms with van der Waals surface area (Å²) in [6.07, 6.45) is 0.989. The third kappa shape index (κ3) is 4.92. The number of benzene rings is 2. The van der Waals surface area contributed by atoms with Crippen molar-refractivity contribution in [3.8, 4) is 11.5 Å². The zero-order chi connectivity index (χ0) is 19.2. The average molecular weight is 389 g/mol. The second-order valence-electron chi connectivity index (χ2n) is 6.09. The SMILES string of the molecule is CCC(=O)Nc1cccc(C(=O)NCCc2cc(Cl)c3c(c2)OCCO3)c1. The molecule has 0 atom stereocenters. The number of fused-ring (bicyclic) bond motifs is 1. The molecule has 1 heterocycles. The van der Waals surface area contributed by atoms with Gasteiger partial charge in [-0.15, -0.1) is 0 Å². The number of hydrogen-bond donors (Lipinski definition) is 2. The zero-order valence-corrected chi connectivity index (χ0v) is 15.8. The van der Waals surface area contributed by atoms with Crippen molar-refractivity contribution >= 4 is 29.1 Å². The zero-order valence-electron chi connectivity index (χ0n) is 15.0. The van der Waals surface area contributed by atoms with Crippen LogP contribution in [0, 0.1) is 0 Å². The Hall–Kier alpha value is -2.73. The van der Waals surface area contributed by atoms with Crippen LogP contribution >= 0.6 is 11.6 Å². The lowest BCUT2D eigenvalue weighted by atomic mass is 10.1. The van der Waals surface area contributed by atoms with Crippen LogP contribution in [0.5, 0.6) is 11.5 Å². The third-order valence-electron chi connectivity index (χ3n) is 4.09. The maximum Gasteiger partial charge on any atom is 0.251 e. The molecular formula is C20H21ClN2O4. The van der Waals surface area contributed by atoms with Gasteiger partial charge in [0.2, 0.25) is 5.91 Å². The van der Waals surface area contributed by atoms with Crippen LogP contribution in [0.4, 0.5) is 5.69 Å². The van der Waals surface area contributed by atoms with Crippen molar-refractivity contribution in [3.63, 3.8) is 0 Å². The lowest BCUT2D eigenvalue weighted by Crippen LogP contribution is -2.26. The molecule has 0 saturated heterocycles. The molecule has 27 heavy (non-hydrogen) atoms. The molecule has 0 fully saturated rings. The normalized spacial score (nSPS) is 12.4. The fraction of sp³-hybridized carbons (Fsp3) is 0.300. The summed E-state index contributed by atoms with van der Waals surface area (Å²) in [4.78, 5) is 23.8. The van der Waals surface area contributed by atoms with Crippen LogP contribution in [-0.2, 0) is 11.2 Å². The number of carbonyl (C=O) groups is 2. The number of rotatable bonds is 6. The van der Waals surface area contributed by atoms with Gasteiger partial charge >= 0.3 is 0 Å². The molecule has 0 radical (unpaired) electrons. The monoisotopic (exact) mass is 388 g/mol. The molecule has 0 bridgehead atoms. The van der Waals surface area contributed by atoms with Crippen LogP contribution in [0.3, 0.4) is 0 Å². The van der Waals surface area contributed by atoms with Gasteiger partial charge in [-0.25, -0.2) is 0 Å². The summed E-state index contributed by atoms with van der Waals surface area (Å²) in [7, 11) is 0. The molecule has 0 aliphatic carbocycles. The van der Waals surface area contributed by atoms with E-state index in [1.165, 1.54) is 0 Å². The molecule has 6 nitrogen and oxygen atoms in total. The Morgan fingerprint density at radius 3 is 2.78 bits per heavy atom. The molecule has 7 heteroatoms. The summed E-state index contributed by atoms with van der Waals surface area (Å²) in [5, 5.41) is 6.13. The number of carbonyl (C=O) groups excluding carboxylic acids is 2. The van der Waals surface area contributed by atoms with Crippen LogP contribution in [0.15, 0.2) is 36.4 Å². The molecule has 2 amide bonds. The van der Waals surface area contributed by atoms with Gasteiger partial charge in [-0.1, -0.05) is 24.6 Å². The van der Waals surface area contributed by atoms with Gasteiger partial charge in [0.05, 0.1) is 5.02 Å². The summed E-state index contributed by atoms with van der Waals surface area (Å²) in [6, 6.07) is 10.6. The molecule has 3 rings (SSSR count). The first-order chi connectivity index (χ1) is 13.1. The quantitative estimate of drug-likeness (QED) is 0.794. The molecule has 0 saturated carbocycles. The lowest BCUT2D eigenvalue weighted by molar-refractivity contribution is -0.115. The molecule has 2 aromatic rings. The van der Waals surface area contributed by atoms with E-state index in [1.807, 2.05) is 12.1 Å². The van der Waals surface area contributed by atoms with E-state index in [4.69, 9.17) is 21.1 Å². The number of nitrogens with one attached hydrogen (secondary N) is 2. The minimum Gasteiger partial charge on any atom is -0.486 e. The van der Waals surface area contributed by atoms with Crippen LogP contribution in [0.1, 0.15) is 29.3 Å². The van der Waals surface area contributed by atoms with Crippen molar-refractivity contribution in [2.75, 3.05) is 25.1 Å². The van der Waals surface area contributed by atoms with Crippen molar-refractivity contribution in [3.05, 3.63) is 52.5 Å². The first-order valence-corrected chi connectivity index (χ1v) is 9.20. The van der Waals surface area contributed by atoms with Gasteiger partial charge < -0.3 is 20.1 Å². The second kappa shape index (κ2) is 8.77. The molecule has 0 spiro atoms. The average Bonchev–Trinajstić information content (AvgIpc) is 2.68. The van der Waals surface area contributed by atoms with E-state index in [-0.39, 0.29) is 11.8 Å². The molecule has 1 aliphatic rings.